The van der Waals surface area contributed by atoms with E-state index in [1.54, 1.807) is 23.1 Å². The van der Waals surface area contributed by atoms with Crippen molar-refractivity contribution < 1.29 is 19.5 Å². The van der Waals surface area contributed by atoms with Crippen molar-refractivity contribution in [2.75, 3.05) is 6.54 Å². The second-order valence-corrected chi connectivity index (χ2v) is 6.63. The van der Waals surface area contributed by atoms with Crippen molar-refractivity contribution in [2.45, 2.75) is 19.5 Å². The van der Waals surface area contributed by atoms with Gasteiger partial charge in [-0.25, -0.2) is 4.98 Å². The van der Waals surface area contributed by atoms with Crippen LogP contribution in [0.5, 0.6) is 0 Å². The number of hydrogen-bond acceptors (Lipinski definition) is 4. The number of carboxylic acids is 1. The molecule has 0 saturated heterocycles. The van der Waals surface area contributed by atoms with Crippen LogP contribution in [-0.2, 0) is 17.9 Å². The highest BCUT2D eigenvalue weighted by molar-refractivity contribution is 6.02. The van der Waals surface area contributed by atoms with E-state index in [-0.39, 0.29) is 18.9 Å². The highest BCUT2D eigenvalue weighted by atomic mass is 16.4. The van der Waals surface area contributed by atoms with Crippen LogP contribution in [0.4, 0.5) is 0 Å². The third kappa shape index (κ3) is 3.44. The number of nitrogens with one attached hydrogen (secondary N) is 2. The Morgan fingerprint density at radius 3 is 2.82 bits per heavy atom. The molecule has 1 aliphatic rings. The van der Waals surface area contributed by atoms with E-state index >= 15 is 0 Å². The lowest BCUT2D eigenvalue weighted by atomic mass is 10.1. The number of rotatable bonds is 6. The first-order valence-electron chi connectivity index (χ1n) is 8.87. The number of benzene rings is 2. The third-order valence-corrected chi connectivity index (χ3v) is 4.65. The van der Waals surface area contributed by atoms with Gasteiger partial charge >= 0.3 is 5.97 Å². The van der Waals surface area contributed by atoms with Crippen molar-refractivity contribution in [3.05, 3.63) is 65.0 Å². The van der Waals surface area contributed by atoms with Crippen molar-refractivity contribution >= 4 is 28.8 Å². The average molecular weight is 378 g/mol. The molecule has 0 spiro atoms. The predicted octanol–water partition coefficient (Wildman–Crippen LogP) is 1.92. The van der Waals surface area contributed by atoms with Crippen LogP contribution in [0.25, 0.3) is 11.0 Å². The SMILES string of the molecule is O=C(O)CCNC(=O)c1ccc2c(c1)C(=O)N(Cc1nc3ccccc3[nH]1)C2. The Kier molecular flexibility index (Phi) is 4.52. The molecular formula is C20H18N4O4. The molecule has 1 aliphatic heterocycles. The summed E-state index contributed by atoms with van der Waals surface area (Å²) in [5.41, 5.74) is 3.44. The zero-order valence-electron chi connectivity index (χ0n) is 14.9. The first kappa shape index (κ1) is 17.7. The number of aromatic amines is 1. The molecule has 4 rings (SSSR count). The van der Waals surface area contributed by atoms with Crippen LogP contribution in [0.1, 0.15) is 38.5 Å². The van der Waals surface area contributed by atoms with Gasteiger partial charge in [-0.1, -0.05) is 18.2 Å². The van der Waals surface area contributed by atoms with Gasteiger partial charge in [0, 0.05) is 24.2 Å². The number of imidazole rings is 1. The standard InChI is InChI=1S/C20H18N4O4/c25-18(26)7-8-21-19(27)12-5-6-13-10-24(20(28)14(13)9-12)11-17-22-15-3-1-2-4-16(15)23-17/h1-6,9H,7-8,10-11H2,(H,21,27)(H,22,23)(H,25,26). The number of amides is 2. The minimum Gasteiger partial charge on any atom is -0.481 e. The van der Waals surface area contributed by atoms with Gasteiger partial charge in [-0.2, -0.15) is 0 Å². The Bertz CT molecular complexity index is 1060. The minimum absolute atomic E-state index is 0.0391. The maximum absolute atomic E-state index is 12.8. The van der Waals surface area contributed by atoms with Crippen molar-refractivity contribution in [3.8, 4) is 0 Å². The lowest BCUT2D eigenvalue weighted by molar-refractivity contribution is -0.136. The molecule has 28 heavy (non-hydrogen) atoms. The molecule has 0 atom stereocenters. The lowest BCUT2D eigenvalue weighted by Crippen LogP contribution is -2.26. The fraction of sp³-hybridized carbons (Fsp3) is 0.200. The lowest BCUT2D eigenvalue weighted by Gasteiger charge is -2.13. The first-order valence-corrected chi connectivity index (χ1v) is 8.87. The van der Waals surface area contributed by atoms with Gasteiger partial charge in [-0.05, 0) is 29.8 Å². The largest absolute Gasteiger partial charge is 0.481 e. The molecule has 0 bridgehead atoms. The van der Waals surface area contributed by atoms with E-state index in [1.165, 1.54) is 0 Å². The van der Waals surface area contributed by atoms with Crippen LogP contribution in [0.15, 0.2) is 42.5 Å². The Labute approximate surface area is 160 Å². The maximum Gasteiger partial charge on any atom is 0.305 e. The van der Waals surface area contributed by atoms with Gasteiger partial charge in [0.1, 0.15) is 5.82 Å². The van der Waals surface area contributed by atoms with Crippen LogP contribution < -0.4 is 5.32 Å². The molecule has 0 radical (unpaired) electrons. The smallest absolute Gasteiger partial charge is 0.305 e. The van der Waals surface area contributed by atoms with Gasteiger partial charge in [0.05, 0.1) is 24.0 Å². The van der Waals surface area contributed by atoms with Crippen LogP contribution in [0, 0.1) is 0 Å². The normalized spacial score (nSPS) is 13.0. The van der Waals surface area contributed by atoms with Gasteiger partial charge in [-0.3, -0.25) is 14.4 Å². The second kappa shape index (κ2) is 7.15. The monoisotopic (exact) mass is 378 g/mol. The molecule has 8 nitrogen and oxygen atoms in total. The molecule has 0 aliphatic carbocycles. The third-order valence-electron chi connectivity index (χ3n) is 4.65. The summed E-state index contributed by atoms with van der Waals surface area (Å²) in [5.74, 6) is -0.831. The average Bonchev–Trinajstić information content (AvgIpc) is 3.22. The summed E-state index contributed by atoms with van der Waals surface area (Å²) in [4.78, 5) is 44.9. The highest BCUT2D eigenvalue weighted by Gasteiger charge is 2.29. The summed E-state index contributed by atoms with van der Waals surface area (Å²) in [6.45, 7) is 0.839. The predicted molar refractivity (Wildman–Crippen MR) is 101 cm³/mol. The number of aliphatic carboxylic acids is 1. The Hall–Kier alpha value is -3.68. The molecule has 0 unspecified atom stereocenters. The van der Waals surface area contributed by atoms with E-state index in [4.69, 9.17) is 5.11 Å². The Morgan fingerprint density at radius 1 is 1.21 bits per heavy atom. The zero-order chi connectivity index (χ0) is 19.7. The van der Waals surface area contributed by atoms with Crippen molar-refractivity contribution in [1.29, 1.82) is 0 Å². The molecule has 1 aromatic heterocycles. The number of aromatic nitrogens is 2. The summed E-state index contributed by atoms with van der Waals surface area (Å²) in [6, 6.07) is 12.6. The Morgan fingerprint density at radius 2 is 2.04 bits per heavy atom. The summed E-state index contributed by atoms with van der Waals surface area (Å²) < 4.78 is 0. The molecule has 142 valence electrons. The van der Waals surface area contributed by atoms with E-state index in [9.17, 15) is 14.4 Å². The summed E-state index contributed by atoms with van der Waals surface area (Å²) in [6.07, 6.45) is -0.152. The molecule has 3 N–H and O–H groups in total. The van der Waals surface area contributed by atoms with Crippen molar-refractivity contribution in [2.24, 2.45) is 0 Å². The molecule has 2 amide bonds. The number of para-hydroxylation sites is 2. The number of fused-ring (bicyclic) bond motifs is 2. The fourth-order valence-corrected chi connectivity index (χ4v) is 3.28. The van der Waals surface area contributed by atoms with Crippen molar-refractivity contribution in [3.63, 3.8) is 0 Å². The number of H-pyrrole nitrogens is 1. The number of carboxylic acid groups (broad SMARTS) is 1. The van der Waals surface area contributed by atoms with E-state index < -0.39 is 11.9 Å². The molecule has 0 fully saturated rings. The van der Waals surface area contributed by atoms with Crippen LogP contribution in [-0.4, -0.2) is 44.3 Å². The van der Waals surface area contributed by atoms with E-state index in [0.717, 1.165) is 16.6 Å². The molecular weight excluding hydrogens is 360 g/mol. The fourth-order valence-electron chi connectivity index (χ4n) is 3.28. The van der Waals surface area contributed by atoms with Gasteiger partial charge in [0.25, 0.3) is 11.8 Å². The van der Waals surface area contributed by atoms with E-state index in [0.29, 0.717) is 30.0 Å². The molecule has 8 heteroatoms. The second-order valence-electron chi connectivity index (χ2n) is 6.63. The van der Waals surface area contributed by atoms with Gasteiger partial charge < -0.3 is 20.3 Å². The zero-order valence-corrected chi connectivity index (χ0v) is 14.9. The number of hydrogen-bond donors (Lipinski definition) is 3. The number of carbonyl (C=O) groups is 3. The van der Waals surface area contributed by atoms with Gasteiger partial charge in [-0.15, -0.1) is 0 Å². The molecule has 2 heterocycles. The van der Waals surface area contributed by atoms with Gasteiger partial charge in [0.2, 0.25) is 0 Å². The van der Waals surface area contributed by atoms with Crippen LogP contribution >= 0.6 is 0 Å². The van der Waals surface area contributed by atoms with E-state index in [2.05, 4.69) is 15.3 Å². The Balaban J connectivity index is 1.47. The maximum atomic E-state index is 12.8. The minimum atomic E-state index is -0.981. The summed E-state index contributed by atoms with van der Waals surface area (Å²) in [7, 11) is 0. The first-order chi connectivity index (χ1) is 13.5. The quantitative estimate of drug-likeness (QED) is 0.606. The number of nitrogens with zero attached hydrogens (tertiary/aromatic N) is 2. The highest BCUT2D eigenvalue weighted by Crippen LogP contribution is 2.25. The van der Waals surface area contributed by atoms with E-state index in [1.807, 2.05) is 24.3 Å². The summed E-state index contributed by atoms with van der Waals surface area (Å²) in [5, 5.41) is 11.2. The summed E-state index contributed by atoms with van der Waals surface area (Å²) >= 11 is 0. The van der Waals surface area contributed by atoms with Crippen LogP contribution in [0.2, 0.25) is 0 Å². The topological polar surface area (TPSA) is 115 Å². The number of carbonyl (C=O) groups excluding carboxylic acids is 2. The molecule has 2 aromatic carbocycles. The van der Waals surface area contributed by atoms with Crippen molar-refractivity contribution in [1.82, 2.24) is 20.2 Å². The van der Waals surface area contributed by atoms with Gasteiger partial charge in [0.15, 0.2) is 0 Å². The van der Waals surface area contributed by atoms with Crippen LogP contribution in [0.3, 0.4) is 0 Å². The molecule has 0 saturated carbocycles. The molecule has 3 aromatic rings.